The van der Waals surface area contributed by atoms with Crippen LogP contribution in [0.1, 0.15) is 15.9 Å². The molecule has 178 valence electrons. The summed E-state index contributed by atoms with van der Waals surface area (Å²) in [5, 5.41) is 5.13. The van der Waals surface area contributed by atoms with Gasteiger partial charge < -0.3 is 19.8 Å². The Kier molecular flexibility index (Phi) is 6.44. The molecule has 2 N–H and O–H groups in total. The Morgan fingerprint density at radius 1 is 0.917 bits per heavy atom. The number of rotatable bonds is 7. The number of aromatic amines is 1. The van der Waals surface area contributed by atoms with Gasteiger partial charge in [0, 0.05) is 40.4 Å². The highest BCUT2D eigenvalue weighted by atomic mass is 16.5. The minimum atomic E-state index is -0.420. The van der Waals surface area contributed by atoms with Crippen LogP contribution in [-0.4, -0.2) is 35.6 Å². The maximum absolute atomic E-state index is 13.1. The standard InChI is InChI=1S/C29H23N3O4/c1-35-29(34)20-8-6-19(7-9-20)16-21(28(33)31-22-12-14-30-15-13-22)18-36-23-10-11-25-24-4-2-3-5-26(24)32-27(25)17-23/h2-17,32H,18H2,1H3,(H,30,31,33). The van der Waals surface area contributed by atoms with E-state index in [2.05, 4.69) is 21.4 Å². The number of para-hydroxylation sites is 1. The molecule has 2 heterocycles. The van der Waals surface area contributed by atoms with E-state index in [-0.39, 0.29) is 12.5 Å². The van der Waals surface area contributed by atoms with Crippen molar-refractivity contribution in [1.29, 1.82) is 0 Å². The molecule has 2 aromatic heterocycles. The Morgan fingerprint density at radius 2 is 1.67 bits per heavy atom. The van der Waals surface area contributed by atoms with Crippen LogP contribution in [0.5, 0.6) is 5.75 Å². The van der Waals surface area contributed by atoms with E-state index >= 15 is 0 Å². The first-order valence-corrected chi connectivity index (χ1v) is 11.3. The van der Waals surface area contributed by atoms with Gasteiger partial charge in [0.15, 0.2) is 0 Å². The van der Waals surface area contributed by atoms with Gasteiger partial charge in [-0.25, -0.2) is 4.79 Å². The second-order valence-corrected chi connectivity index (χ2v) is 8.14. The van der Waals surface area contributed by atoms with E-state index in [1.807, 2.05) is 36.4 Å². The monoisotopic (exact) mass is 477 g/mol. The number of pyridine rings is 1. The largest absolute Gasteiger partial charge is 0.489 e. The molecule has 0 bridgehead atoms. The van der Waals surface area contributed by atoms with Crippen molar-refractivity contribution in [3.8, 4) is 5.75 Å². The number of esters is 1. The number of ether oxygens (including phenoxy) is 2. The summed E-state index contributed by atoms with van der Waals surface area (Å²) in [6.07, 6.45) is 4.95. The van der Waals surface area contributed by atoms with Gasteiger partial charge in [0.25, 0.3) is 5.91 Å². The third-order valence-corrected chi connectivity index (χ3v) is 5.77. The summed E-state index contributed by atoms with van der Waals surface area (Å²) >= 11 is 0. The van der Waals surface area contributed by atoms with Crippen LogP contribution < -0.4 is 10.1 Å². The smallest absolute Gasteiger partial charge is 0.337 e. The average molecular weight is 478 g/mol. The topological polar surface area (TPSA) is 93.3 Å². The number of anilines is 1. The van der Waals surface area contributed by atoms with Gasteiger partial charge in [-0.3, -0.25) is 9.78 Å². The summed E-state index contributed by atoms with van der Waals surface area (Å²) < 4.78 is 10.8. The van der Waals surface area contributed by atoms with Gasteiger partial charge in [-0.1, -0.05) is 30.3 Å². The maximum atomic E-state index is 13.1. The fourth-order valence-electron chi connectivity index (χ4n) is 3.94. The lowest BCUT2D eigenvalue weighted by Gasteiger charge is -2.12. The van der Waals surface area contributed by atoms with Crippen molar-refractivity contribution in [2.24, 2.45) is 0 Å². The summed E-state index contributed by atoms with van der Waals surface area (Å²) in [5.41, 5.74) is 4.23. The predicted octanol–water partition coefficient (Wildman–Crippen LogP) is 5.60. The number of fused-ring (bicyclic) bond motifs is 3. The Morgan fingerprint density at radius 3 is 2.44 bits per heavy atom. The molecule has 0 aliphatic carbocycles. The molecule has 0 spiro atoms. The van der Waals surface area contributed by atoms with E-state index in [0.29, 0.717) is 22.6 Å². The number of nitrogens with one attached hydrogen (secondary N) is 2. The highest BCUT2D eigenvalue weighted by Gasteiger charge is 2.13. The number of hydrogen-bond donors (Lipinski definition) is 2. The van der Waals surface area contributed by atoms with Crippen molar-refractivity contribution in [2.75, 3.05) is 19.0 Å². The molecule has 7 heteroatoms. The number of H-pyrrole nitrogens is 1. The van der Waals surface area contributed by atoms with Crippen molar-refractivity contribution in [1.82, 2.24) is 9.97 Å². The van der Waals surface area contributed by atoms with Crippen LogP contribution in [0.3, 0.4) is 0 Å². The molecule has 0 atom stereocenters. The second-order valence-electron chi connectivity index (χ2n) is 8.14. The van der Waals surface area contributed by atoms with Crippen LogP contribution in [0.2, 0.25) is 0 Å². The molecule has 7 nitrogen and oxygen atoms in total. The molecule has 3 aromatic carbocycles. The molecule has 0 saturated carbocycles. The number of methoxy groups -OCH3 is 1. The van der Waals surface area contributed by atoms with E-state index in [1.165, 1.54) is 7.11 Å². The molecule has 0 aliphatic rings. The summed E-state index contributed by atoms with van der Waals surface area (Å²) in [6, 6.07) is 24.2. The number of hydrogen-bond acceptors (Lipinski definition) is 5. The highest BCUT2D eigenvalue weighted by molar-refractivity contribution is 6.08. The van der Waals surface area contributed by atoms with Crippen LogP contribution in [0.25, 0.3) is 27.9 Å². The van der Waals surface area contributed by atoms with Gasteiger partial charge in [-0.05, 0) is 54.1 Å². The number of nitrogens with zero attached hydrogens (tertiary/aromatic N) is 1. The first-order valence-electron chi connectivity index (χ1n) is 11.3. The van der Waals surface area contributed by atoms with Gasteiger partial charge in [-0.2, -0.15) is 0 Å². The first kappa shape index (κ1) is 22.9. The zero-order chi connectivity index (χ0) is 24.9. The zero-order valence-corrected chi connectivity index (χ0v) is 19.5. The first-order chi connectivity index (χ1) is 17.6. The Hall–Kier alpha value is -4.91. The summed E-state index contributed by atoms with van der Waals surface area (Å²) in [5.74, 6) is -0.0838. The van der Waals surface area contributed by atoms with Crippen LogP contribution in [0.4, 0.5) is 5.69 Å². The number of amides is 1. The van der Waals surface area contributed by atoms with Crippen molar-refractivity contribution in [3.63, 3.8) is 0 Å². The fraction of sp³-hybridized carbons (Fsp3) is 0.0690. The molecule has 0 radical (unpaired) electrons. The Balaban J connectivity index is 1.40. The lowest BCUT2D eigenvalue weighted by atomic mass is 10.1. The minimum absolute atomic E-state index is 0.0431. The van der Waals surface area contributed by atoms with Gasteiger partial charge >= 0.3 is 5.97 Å². The maximum Gasteiger partial charge on any atom is 0.337 e. The number of benzene rings is 3. The lowest BCUT2D eigenvalue weighted by molar-refractivity contribution is -0.113. The van der Waals surface area contributed by atoms with Gasteiger partial charge in [0.1, 0.15) is 12.4 Å². The zero-order valence-electron chi connectivity index (χ0n) is 19.5. The van der Waals surface area contributed by atoms with Gasteiger partial charge in [0.2, 0.25) is 0 Å². The molecule has 0 fully saturated rings. The third kappa shape index (κ3) is 4.95. The van der Waals surface area contributed by atoms with E-state index in [1.54, 1.807) is 54.9 Å². The van der Waals surface area contributed by atoms with Gasteiger partial charge in [0.05, 0.1) is 23.8 Å². The molecular formula is C29H23N3O4. The van der Waals surface area contributed by atoms with E-state index in [0.717, 1.165) is 27.4 Å². The number of carbonyl (C=O) groups is 2. The SMILES string of the molecule is COC(=O)c1ccc(C=C(COc2ccc3c(c2)[nH]c2ccccc23)C(=O)Nc2ccncc2)cc1. The third-order valence-electron chi connectivity index (χ3n) is 5.77. The van der Waals surface area contributed by atoms with Crippen LogP contribution in [0, 0.1) is 0 Å². The predicted molar refractivity (Wildman–Crippen MR) is 140 cm³/mol. The molecule has 0 aliphatic heterocycles. The number of carbonyl (C=O) groups excluding carboxylic acids is 2. The molecule has 36 heavy (non-hydrogen) atoms. The van der Waals surface area contributed by atoms with Crippen molar-refractivity contribution in [2.45, 2.75) is 0 Å². The Labute approximate surface area is 207 Å². The normalized spacial score (nSPS) is 11.4. The summed E-state index contributed by atoms with van der Waals surface area (Å²) in [4.78, 5) is 32.3. The summed E-state index contributed by atoms with van der Waals surface area (Å²) in [7, 11) is 1.34. The average Bonchev–Trinajstić information content (AvgIpc) is 3.29. The highest BCUT2D eigenvalue weighted by Crippen LogP contribution is 2.28. The minimum Gasteiger partial charge on any atom is -0.489 e. The molecule has 1 amide bonds. The second kappa shape index (κ2) is 10.1. The lowest BCUT2D eigenvalue weighted by Crippen LogP contribution is -2.19. The summed E-state index contributed by atoms with van der Waals surface area (Å²) in [6.45, 7) is 0.0431. The van der Waals surface area contributed by atoms with Crippen LogP contribution in [-0.2, 0) is 9.53 Å². The molecule has 5 rings (SSSR count). The van der Waals surface area contributed by atoms with Gasteiger partial charge in [-0.15, -0.1) is 0 Å². The van der Waals surface area contributed by atoms with Crippen molar-refractivity contribution >= 4 is 45.4 Å². The van der Waals surface area contributed by atoms with Crippen molar-refractivity contribution in [3.05, 3.63) is 108 Å². The fourth-order valence-corrected chi connectivity index (χ4v) is 3.94. The van der Waals surface area contributed by atoms with Crippen LogP contribution >= 0.6 is 0 Å². The molecule has 5 aromatic rings. The molecule has 0 saturated heterocycles. The van der Waals surface area contributed by atoms with Crippen molar-refractivity contribution < 1.29 is 19.1 Å². The van der Waals surface area contributed by atoms with Crippen LogP contribution in [0.15, 0.2) is 96.8 Å². The Bertz CT molecular complexity index is 1570. The van der Waals surface area contributed by atoms with E-state index in [4.69, 9.17) is 9.47 Å². The molecule has 0 unspecified atom stereocenters. The molecular weight excluding hydrogens is 454 g/mol. The van der Waals surface area contributed by atoms with E-state index < -0.39 is 5.97 Å². The van der Waals surface area contributed by atoms with E-state index in [9.17, 15) is 9.59 Å². The quantitative estimate of drug-likeness (QED) is 0.235. The number of aromatic nitrogens is 2.